The summed E-state index contributed by atoms with van der Waals surface area (Å²) < 4.78 is 21.5. The maximum Gasteiger partial charge on any atom is 0.258 e. The van der Waals surface area contributed by atoms with Gasteiger partial charge < -0.3 is 34.9 Å². The highest BCUT2D eigenvalue weighted by Gasteiger charge is 2.19. The first-order valence-corrected chi connectivity index (χ1v) is 12.3. The highest BCUT2D eigenvalue weighted by atomic mass is 35.5. The molecule has 0 saturated carbocycles. The third-order valence-corrected chi connectivity index (χ3v) is 6.08. The molecule has 0 heterocycles. The zero-order valence-electron chi connectivity index (χ0n) is 22.9. The molecule has 0 aliphatic heterocycles. The van der Waals surface area contributed by atoms with Gasteiger partial charge in [-0.05, 0) is 86.4 Å². The van der Waals surface area contributed by atoms with E-state index < -0.39 is 0 Å². The number of amides is 1. The van der Waals surface area contributed by atoms with Gasteiger partial charge in [0.15, 0.2) is 23.0 Å². The van der Waals surface area contributed by atoms with Crippen molar-refractivity contribution in [1.82, 2.24) is 5.32 Å². The van der Waals surface area contributed by atoms with E-state index in [1.54, 1.807) is 57.6 Å². The summed E-state index contributed by atoms with van der Waals surface area (Å²) in [4.78, 5) is 15.2. The Bertz CT molecular complexity index is 1160. The number of hydrogen-bond acceptors (Lipinski definition) is 7. The zero-order chi connectivity index (χ0) is 26.6. The topological polar surface area (TPSA) is 95.3 Å². The average Bonchev–Trinajstić information content (AvgIpc) is 2.94. The Balaban J connectivity index is 0.00000380. The molecule has 0 aliphatic carbocycles. The highest BCUT2D eigenvalue weighted by molar-refractivity contribution is 6.06. The molecule has 1 amide bonds. The fourth-order valence-electron chi connectivity index (χ4n) is 4.06. The number of anilines is 2. The molecule has 0 aliphatic rings. The van der Waals surface area contributed by atoms with Gasteiger partial charge in [-0.3, -0.25) is 4.79 Å². The molecule has 39 heavy (non-hydrogen) atoms. The molecule has 0 unspecified atom stereocenters. The third kappa shape index (κ3) is 9.42. The number of carbonyl (C=O) groups excluding carboxylic acids is 1. The summed E-state index contributed by atoms with van der Waals surface area (Å²) >= 11 is 0. The second-order valence-corrected chi connectivity index (χ2v) is 8.51. The van der Waals surface area contributed by atoms with Crippen LogP contribution in [0.1, 0.15) is 28.8 Å². The van der Waals surface area contributed by atoms with Crippen molar-refractivity contribution in [3.63, 3.8) is 0 Å². The standard InChI is InChI=1S/C29H37N3O5.2ClH/c1-34-25-14-8-21(19-27(25)36-3)7-5-16-31-17-6-18-32(29(33)22-9-11-23(30)12-10-22)24-13-15-26(35-2)28(20-24)37-4;;/h8-15,19-20,31H,5-7,16-18,30H2,1-4H3;2*1H. The van der Waals surface area contributed by atoms with E-state index in [1.165, 1.54) is 5.56 Å². The largest absolute Gasteiger partial charge is 0.493 e. The van der Waals surface area contributed by atoms with Gasteiger partial charge in [-0.2, -0.15) is 0 Å². The number of nitrogens with zero attached hydrogens (tertiary/aromatic N) is 1. The summed E-state index contributed by atoms with van der Waals surface area (Å²) in [7, 11) is 6.45. The number of methoxy groups -OCH3 is 4. The molecule has 0 radical (unpaired) electrons. The van der Waals surface area contributed by atoms with E-state index in [-0.39, 0.29) is 30.7 Å². The lowest BCUT2D eigenvalue weighted by atomic mass is 10.1. The monoisotopic (exact) mass is 579 g/mol. The summed E-state index contributed by atoms with van der Waals surface area (Å²) in [6.07, 6.45) is 2.70. The van der Waals surface area contributed by atoms with Gasteiger partial charge in [-0.1, -0.05) is 6.07 Å². The molecule has 3 aromatic rings. The number of benzene rings is 3. The molecule has 0 fully saturated rings. The van der Waals surface area contributed by atoms with Crippen molar-refractivity contribution in [1.29, 1.82) is 0 Å². The summed E-state index contributed by atoms with van der Waals surface area (Å²) in [6.45, 7) is 2.20. The molecule has 3 N–H and O–H groups in total. The van der Waals surface area contributed by atoms with Crippen LogP contribution in [0.4, 0.5) is 11.4 Å². The van der Waals surface area contributed by atoms with Gasteiger partial charge in [0.05, 0.1) is 28.4 Å². The first kappa shape index (κ1) is 33.7. The summed E-state index contributed by atoms with van der Waals surface area (Å²) in [5.74, 6) is 2.57. The second-order valence-electron chi connectivity index (χ2n) is 8.51. The van der Waals surface area contributed by atoms with Crippen LogP contribution in [-0.4, -0.2) is 54.0 Å². The Morgan fingerprint density at radius 1 is 0.744 bits per heavy atom. The van der Waals surface area contributed by atoms with Crippen molar-refractivity contribution in [3.8, 4) is 23.0 Å². The highest BCUT2D eigenvalue weighted by Crippen LogP contribution is 2.32. The van der Waals surface area contributed by atoms with Crippen LogP contribution in [0, 0.1) is 0 Å². The molecular weight excluding hydrogens is 541 g/mol. The van der Waals surface area contributed by atoms with Crippen LogP contribution in [0.3, 0.4) is 0 Å². The minimum Gasteiger partial charge on any atom is -0.493 e. The minimum absolute atomic E-state index is 0. The zero-order valence-corrected chi connectivity index (χ0v) is 24.5. The molecule has 0 saturated heterocycles. The number of hydrogen-bond donors (Lipinski definition) is 2. The van der Waals surface area contributed by atoms with Gasteiger partial charge in [0.2, 0.25) is 0 Å². The average molecular weight is 581 g/mol. The fraction of sp³-hybridized carbons (Fsp3) is 0.345. The van der Waals surface area contributed by atoms with Crippen molar-refractivity contribution in [3.05, 3.63) is 71.8 Å². The molecule has 10 heteroatoms. The predicted molar refractivity (Wildman–Crippen MR) is 162 cm³/mol. The SMILES string of the molecule is COc1ccc(CCCNCCCN(C(=O)c2ccc(N)cc2)c2ccc(OC)c(OC)c2)cc1OC.Cl.Cl. The summed E-state index contributed by atoms with van der Waals surface area (Å²) in [5, 5.41) is 3.49. The second kappa shape index (κ2) is 17.3. The number of aryl methyl sites for hydroxylation is 1. The summed E-state index contributed by atoms with van der Waals surface area (Å²) in [6, 6.07) is 18.5. The van der Waals surface area contributed by atoms with Gasteiger partial charge in [-0.15, -0.1) is 24.8 Å². The predicted octanol–water partition coefficient (Wildman–Crippen LogP) is 5.41. The van der Waals surface area contributed by atoms with Crippen molar-refractivity contribution >= 4 is 42.1 Å². The van der Waals surface area contributed by atoms with E-state index in [2.05, 4.69) is 11.4 Å². The number of carbonyl (C=O) groups is 1. The Morgan fingerprint density at radius 3 is 1.92 bits per heavy atom. The minimum atomic E-state index is -0.0966. The molecule has 0 bridgehead atoms. The number of ether oxygens (including phenoxy) is 4. The van der Waals surface area contributed by atoms with Crippen molar-refractivity contribution in [2.75, 3.05) is 58.7 Å². The van der Waals surface area contributed by atoms with Crippen LogP contribution >= 0.6 is 24.8 Å². The van der Waals surface area contributed by atoms with E-state index >= 15 is 0 Å². The van der Waals surface area contributed by atoms with Gasteiger partial charge in [0, 0.05) is 29.5 Å². The molecular formula is C29H39Cl2N3O5. The molecule has 0 spiro atoms. The molecule has 0 atom stereocenters. The first-order valence-electron chi connectivity index (χ1n) is 12.3. The number of nitrogen functional groups attached to an aromatic ring is 1. The lowest BCUT2D eigenvalue weighted by Crippen LogP contribution is -2.33. The number of nitrogens with two attached hydrogens (primary N) is 1. The molecule has 0 aromatic heterocycles. The van der Waals surface area contributed by atoms with E-state index in [0.717, 1.165) is 49.5 Å². The van der Waals surface area contributed by atoms with Crippen molar-refractivity contribution in [2.45, 2.75) is 19.3 Å². The van der Waals surface area contributed by atoms with E-state index in [1.807, 2.05) is 30.3 Å². The third-order valence-electron chi connectivity index (χ3n) is 6.08. The van der Waals surface area contributed by atoms with Crippen LogP contribution in [-0.2, 0) is 6.42 Å². The maximum absolute atomic E-state index is 13.4. The van der Waals surface area contributed by atoms with Crippen LogP contribution in [0.2, 0.25) is 0 Å². The molecule has 3 rings (SSSR count). The van der Waals surface area contributed by atoms with Crippen molar-refractivity contribution in [2.24, 2.45) is 0 Å². The van der Waals surface area contributed by atoms with Crippen LogP contribution in [0.15, 0.2) is 60.7 Å². The summed E-state index contributed by atoms with van der Waals surface area (Å²) in [5.41, 5.74) is 8.95. The van der Waals surface area contributed by atoms with Crippen LogP contribution in [0.5, 0.6) is 23.0 Å². The van der Waals surface area contributed by atoms with Gasteiger partial charge in [0.25, 0.3) is 5.91 Å². The van der Waals surface area contributed by atoms with Crippen LogP contribution < -0.4 is 34.9 Å². The molecule has 8 nitrogen and oxygen atoms in total. The quantitative estimate of drug-likeness (QED) is 0.195. The Hall–Kier alpha value is -3.33. The van der Waals surface area contributed by atoms with Gasteiger partial charge in [-0.25, -0.2) is 0 Å². The lowest BCUT2D eigenvalue weighted by molar-refractivity contribution is 0.0986. The van der Waals surface area contributed by atoms with Crippen LogP contribution in [0.25, 0.3) is 0 Å². The first-order chi connectivity index (χ1) is 18.0. The molecule has 3 aromatic carbocycles. The maximum atomic E-state index is 13.4. The number of rotatable bonds is 14. The molecule has 214 valence electrons. The number of nitrogens with one attached hydrogen (secondary N) is 1. The smallest absolute Gasteiger partial charge is 0.258 e. The fourth-order valence-corrected chi connectivity index (χ4v) is 4.06. The van der Waals surface area contributed by atoms with E-state index in [4.69, 9.17) is 24.7 Å². The van der Waals surface area contributed by atoms with E-state index in [0.29, 0.717) is 29.3 Å². The van der Waals surface area contributed by atoms with Gasteiger partial charge in [0.1, 0.15) is 0 Å². The Morgan fingerprint density at radius 2 is 1.31 bits per heavy atom. The van der Waals surface area contributed by atoms with Crippen molar-refractivity contribution < 1.29 is 23.7 Å². The number of halogens is 2. The van der Waals surface area contributed by atoms with Gasteiger partial charge >= 0.3 is 0 Å². The Labute approximate surface area is 243 Å². The lowest BCUT2D eigenvalue weighted by Gasteiger charge is -2.24. The Kier molecular flexibility index (Phi) is 14.9. The van der Waals surface area contributed by atoms with E-state index in [9.17, 15) is 4.79 Å². The normalized spacial score (nSPS) is 10.1.